The van der Waals surface area contributed by atoms with E-state index >= 15 is 0 Å². The molecule has 0 aliphatic carbocycles. The van der Waals surface area contributed by atoms with Crippen LogP contribution in [-0.4, -0.2) is 19.2 Å². The minimum absolute atomic E-state index is 0.0311. The van der Waals surface area contributed by atoms with Crippen LogP contribution in [0, 0.1) is 0 Å². The number of cyclic esters (lactones) is 1. The van der Waals surface area contributed by atoms with E-state index in [1.165, 1.54) is 0 Å². The van der Waals surface area contributed by atoms with Crippen LogP contribution >= 0.6 is 0 Å². The quantitative estimate of drug-likeness (QED) is 0.581. The van der Waals surface area contributed by atoms with Crippen LogP contribution in [0.5, 0.6) is 5.75 Å². The molecule has 0 radical (unpaired) electrons. The van der Waals surface area contributed by atoms with Crippen LogP contribution in [0.2, 0.25) is 0 Å². The minimum atomic E-state index is -0.154. The van der Waals surface area contributed by atoms with Gasteiger partial charge in [-0.3, -0.25) is 0 Å². The molecule has 1 aliphatic rings. The zero-order valence-corrected chi connectivity index (χ0v) is 12.4. The van der Waals surface area contributed by atoms with Gasteiger partial charge in [0.05, 0.1) is 12.7 Å². The number of unbranched alkanes of at least 4 members (excludes halogenated alkanes) is 1. The molecule has 0 amide bonds. The van der Waals surface area contributed by atoms with Gasteiger partial charge >= 0.3 is 5.97 Å². The molecule has 20 heavy (non-hydrogen) atoms. The van der Waals surface area contributed by atoms with E-state index in [1.807, 2.05) is 31.2 Å². The number of rotatable bonds is 6. The normalized spacial score (nSPS) is 20.1. The lowest BCUT2D eigenvalue weighted by atomic mass is 9.88. The molecule has 108 valence electrons. The Labute approximate surface area is 120 Å². The maximum absolute atomic E-state index is 11.8. The number of esters is 1. The van der Waals surface area contributed by atoms with Gasteiger partial charge in [-0.15, -0.1) is 0 Å². The van der Waals surface area contributed by atoms with Crippen LogP contribution in [0.15, 0.2) is 29.8 Å². The summed E-state index contributed by atoms with van der Waals surface area (Å²) in [4.78, 5) is 11.8. The number of benzene rings is 1. The molecule has 1 aliphatic heterocycles. The van der Waals surface area contributed by atoms with Crippen LogP contribution in [0.1, 0.15) is 45.1 Å². The zero-order chi connectivity index (χ0) is 14.5. The molecule has 0 N–H and O–H groups in total. The summed E-state index contributed by atoms with van der Waals surface area (Å²) in [7, 11) is 1.65. The second kappa shape index (κ2) is 6.60. The summed E-state index contributed by atoms with van der Waals surface area (Å²) in [5.74, 6) is 0.676. The monoisotopic (exact) mass is 274 g/mol. The summed E-state index contributed by atoms with van der Waals surface area (Å²) in [5.41, 5.74) is 3.10. The molecule has 1 saturated heterocycles. The summed E-state index contributed by atoms with van der Waals surface area (Å²) in [6.07, 6.45) is 3.92. The molecule has 1 fully saturated rings. The molecule has 0 spiro atoms. The Bertz CT molecular complexity index is 499. The highest BCUT2D eigenvalue weighted by Gasteiger charge is 2.37. The standard InChI is InChI=1S/C17H22O3/c1-4-6-7-14(16-15(5-2)20-17(16)18)12-8-10-13(19-3)11-9-12/h8-11,15H,4-7H2,1-3H3/b16-14-. The topological polar surface area (TPSA) is 35.5 Å². The molecule has 2 rings (SSSR count). The first-order valence-electron chi connectivity index (χ1n) is 7.29. The molecule has 1 aromatic carbocycles. The Morgan fingerprint density at radius 2 is 1.95 bits per heavy atom. The first kappa shape index (κ1) is 14.6. The number of ether oxygens (including phenoxy) is 2. The maximum atomic E-state index is 11.8. The Morgan fingerprint density at radius 3 is 2.45 bits per heavy atom. The molecule has 1 atom stereocenters. The van der Waals surface area contributed by atoms with Crippen molar-refractivity contribution in [2.75, 3.05) is 7.11 Å². The molecule has 0 bridgehead atoms. The molecular formula is C17H22O3. The average molecular weight is 274 g/mol. The van der Waals surface area contributed by atoms with Gasteiger partial charge in [-0.05, 0) is 42.5 Å². The van der Waals surface area contributed by atoms with E-state index in [0.717, 1.165) is 48.1 Å². The highest BCUT2D eigenvalue weighted by Crippen LogP contribution is 2.35. The van der Waals surface area contributed by atoms with Gasteiger partial charge in [0.15, 0.2) is 0 Å². The molecule has 0 saturated carbocycles. The third-order valence-corrected chi connectivity index (χ3v) is 3.71. The van der Waals surface area contributed by atoms with Gasteiger partial charge < -0.3 is 9.47 Å². The lowest BCUT2D eigenvalue weighted by molar-refractivity contribution is -0.155. The highest BCUT2D eigenvalue weighted by molar-refractivity contribution is 6.03. The highest BCUT2D eigenvalue weighted by atomic mass is 16.6. The van der Waals surface area contributed by atoms with Crippen molar-refractivity contribution >= 4 is 11.5 Å². The van der Waals surface area contributed by atoms with Gasteiger partial charge in [0, 0.05) is 0 Å². The largest absolute Gasteiger partial charge is 0.497 e. The lowest BCUT2D eigenvalue weighted by Gasteiger charge is -2.31. The number of allylic oxidation sites excluding steroid dienone is 1. The van der Waals surface area contributed by atoms with E-state index in [4.69, 9.17) is 9.47 Å². The third-order valence-electron chi connectivity index (χ3n) is 3.71. The number of carbonyl (C=O) groups is 1. The fourth-order valence-corrected chi connectivity index (χ4v) is 2.51. The van der Waals surface area contributed by atoms with Crippen molar-refractivity contribution in [1.29, 1.82) is 0 Å². The van der Waals surface area contributed by atoms with Crippen molar-refractivity contribution in [3.8, 4) is 5.75 Å². The molecule has 3 heteroatoms. The van der Waals surface area contributed by atoms with Crippen LogP contribution in [0.3, 0.4) is 0 Å². The minimum Gasteiger partial charge on any atom is -0.497 e. The number of hydrogen-bond donors (Lipinski definition) is 0. The molecule has 1 unspecified atom stereocenters. The predicted molar refractivity (Wildman–Crippen MR) is 79.6 cm³/mol. The molecule has 1 aromatic rings. The van der Waals surface area contributed by atoms with Crippen molar-refractivity contribution in [3.05, 3.63) is 35.4 Å². The van der Waals surface area contributed by atoms with E-state index < -0.39 is 0 Å². The fourth-order valence-electron chi connectivity index (χ4n) is 2.51. The summed E-state index contributed by atoms with van der Waals surface area (Å²) in [5, 5.41) is 0. The van der Waals surface area contributed by atoms with Crippen molar-refractivity contribution in [2.45, 2.75) is 45.6 Å². The van der Waals surface area contributed by atoms with Gasteiger partial charge in [-0.2, -0.15) is 0 Å². The Kier molecular flexibility index (Phi) is 4.83. The van der Waals surface area contributed by atoms with Crippen LogP contribution in [-0.2, 0) is 9.53 Å². The number of carbonyl (C=O) groups excluding carboxylic acids is 1. The molecule has 0 aromatic heterocycles. The maximum Gasteiger partial charge on any atom is 0.338 e. The first-order chi connectivity index (χ1) is 9.71. The Morgan fingerprint density at radius 1 is 1.25 bits per heavy atom. The molecule has 1 heterocycles. The van der Waals surface area contributed by atoms with Gasteiger partial charge in [0.1, 0.15) is 11.9 Å². The van der Waals surface area contributed by atoms with Gasteiger partial charge in [0.2, 0.25) is 0 Å². The molecular weight excluding hydrogens is 252 g/mol. The zero-order valence-electron chi connectivity index (χ0n) is 12.4. The summed E-state index contributed by atoms with van der Waals surface area (Å²) < 4.78 is 10.4. The second-order valence-corrected chi connectivity index (χ2v) is 5.03. The smallest absolute Gasteiger partial charge is 0.338 e. The van der Waals surface area contributed by atoms with Crippen molar-refractivity contribution in [2.24, 2.45) is 0 Å². The van der Waals surface area contributed by atoms with Crippen LogP contribution < -0.4 is 4.74 Å². The second-order valence-electron chi connectivity index (χ2n) is 5.03. The summed E-state index contributed by atoms with van der Waals surface area (Å²) in [6, 6.07) is 7.92. The van der Waals surface area contributed by atoms with Gasteiger partial charge in [-0.1, -0.05) is 32.4 Å². The van der Waals surface area contributed by atoms with E-state index in [1.54, 1.807) is 7.11 Å². The van der Waals surface area contributed by atoms with E-state index in [0.29, 0.717) is 0 Å². The summed E-state index contributed by atoms with van der Waals surface area (Å²) in [6.45, 7) is 4.20. The predicted octanol–water partition coefficient (Wildman–Crippen LogP) is 3.97. The number of hydrogen-bond acceptors (Lipinski definition) is 3. The van der Waals surface area contributed by atoms with Crippen molar-refractivity contribution in [3.63, 3.8) is 0 Å². The van der Waals surface area contributed by atoms with E-state index in [9.17, 15) is 4.79 Å². The van der Waals surface area contributed by atoms with Crippen LogP contribution in [0.4, 0.5) is 0 Å². The van der Waals surface area contributed by atoms with E-state index in [2.05, 4.69) is 6.92 Å². The number of methoxy groups -OCH3 is 1. The van der Waals surface area contributed by atoms with Crippen molar-refractivity contribution in [1.82, 2.24) is 0 Å². The lowest BCUT2D eigenvalue weighted by Crippen LogP contribution is -2.37. The summed E-state index contributed by atoms with van der Waals surface area (Å²) >= 11 is 0. The first-order valence-corrected chi connectivity index (χ1v) is 7.29. The van der Waals surface area contributed by atoms with Gasteiger partial charge in [0.25, 0.3) is 0 Å². The van der Waals surface area contributed by atoms with Gasteiger partial charge in [-0.25, -0.2) is 4.79 Å². The SMILES string of the molecule is CCCC/C(=C1/C(=O)OC1CC)c1ccc(OC)cc1. The molecule has 3 nitrogen and oxygen atoms in total. The Balaban J connectivity index is 2.35. The average Bonchev–Trinajstić information content (AvgIpc) is 2.48. The Hall–Kier alpha value is -1.77. The van der Waals surface area contributed by atoms with Crippen molar-refractivity contribution < 1.29 is 14.3 Å². The van der Waals surface area contributed by atoms with E-state index in [-0.39, 0.29) is 12.1 Å². The fraction of sp³-hybridized carbons (Fsp3) is 0.471. The third kappa shape index (κ3) is 2.87. The van der Waals surface area contributed by atoms with Crippen LogP contribution in [0.25, 0.3) is 5.57 Å².